The fraction of sp³-hybridized carbons (Fsp3) is 0.0833. The van der Waals surface area contributed by atoms with E-state index < -0.39 is 11.9 Å². The summed E-state index contributed by atoms with van der Waals surface area (Å²) in [7, 11) is 0. The Morgan fingerprint density at radius 3 is 1.47 bits per heavy atom. The van der Waals surface area contributed by atoms with Crippen molar-refractivity contribution < 1.29 is 19.1 Å². The number of hydrogen-bond donors (Lipinski definition) is 0. The van der Waals surface area contributed by atoms with Gasteiger partial charge in [-0.2, -0.15) is 0 Å². The standard InChI is InChI=1S/C24H20N2O4/c1-17(27)29-23-15-20(10-12-22-8-4-6-14-26-22)24(30-18(2)28)16-19(23)9-11-21-7-3-5-13-25-21/h3-16H,1-2H3/b11-9+,12-10+. The van der Waals surface area contributed by atoms with Crippen molar-refractivity contribution in [1.82, 2.24) is 9.97 Å². The summed E-state index contributed by atoms with van der Waals surface area (Å²) in [5.41, 5.74) is 2.61. The molecule has 0 fully saturated rings. The van der Waals surface area contributed by atoms with Crippen LogP contribution in [-0.2, 0) is 9.59 Å². The van der Waals surface area contributed by atoms with Gasteiger partial charge in [0.25, 0.3) is 0 Å². The highest BCUT2D eigenvalue weighted by molar-refractivity contribution is 5.82. The second-order valence-corrected chi connectivity index (χ2v) is 6.29. The Hall–Kier alpha value is -4.06. The van der Waals surface area contributed by atoms with Gasteiger partial charge in [0.1, 0.15) is 11.5 Å². The van der Waals surface area contributed by atoms with Crippen molar-refractivity contribution in [3.05, 3.63) is 83.4 Å². The molecule has 0 aliphatic carbocycles. The molecule has 0 spiro atoms. The number of aromatic nitrogens is 2. The molecule has 150 valence electrons. The molecule has 2 aromatic heterocycles. The Balaban J connectivity index is 2.05. The maximum absolute atomic E-state index is 11.6. The van der Waals surface area contributed by atoms with E-state index in [0.29, 0.717) is 22.6 Å². The topological polar surface area (TPSA) is 78.4 Å². The van der Waals surface area contributed by atoms with Crippen molar-refractivity contribution in [1.29, 1.82) is 0 Å². The van der Waals surface area contributed by atoms with Gasteiger partial charge in [0, 0.05) is 37.4 Å². The normalized spacial score (nSPS) is 11.0. The highest BCUT2D eigenvalue weighted by atomic mass is 16.5. The Bertz CT molecular complexity index is 1000. The number of carbonyl (C=O) groups excluding carboxylic acids is 2. The van der Waals surface area contributed by atoms with Gasteiger partial charge in [-0.15, -0.1) is 0 Å². The molecule has 0 aliphatic heterocycles. The highest BCUT2D eigenvalue weighted by Crippen LogP contribution is 2.32. The fourth-order valence-electron chi connectivity index (χ4n) is 2.64. The van der Waals surface area contributed by atoms with Crippen molar-refractivity contribution in [2.75, 3.05) is 0 Å². The lowest BCUT2D eigenvalue weighted by Gasteiger charge is -2.12. The van der Waals surface area contributed by atoms with E-state index in [1.165, 1.54) is 13.8 Å². The molecule has 0 bridgehead atoms. The van der Waals surface area contributed by atoms with Gasteiger partial charge in [0.05, 0.1) is 11.4 Å². The summed E-state index contributed by atoms with van der Waals surface area (Å²) in [6.45, 7) is 2.66. The number of pyridine rings is 2. The molecule has 2 heterocycles. The van der Waals surface area contributed by atoms with Gasteiger partial charge < -0.3 is 9.47 Å². The first-order chi connectivity index (χ1) is 14.5. The zero-order valence-electron chi connectivity index (χ0n) is 16.6. The average molecular weight is 400 g/mol. The molecule has 0 saturated carbocycles. The molecule has 0 aliphatic rings. The smallest absolute Gasteiger partial charge is 0.308 e. The molecule has 0 saturated heterocycles. The number of ether oxygens (including phenoxy) is 2. The number of carbonyl (C=O) groups is 2. The summed E-state index contributed by atoms with van der Waals surface area (Å²) in [5.74, 6) is -0.234. The van der Waals surface area contributed by atoms with Crippen molar-refractivity contribution in [2.45, 2.75) is 13.8 Å². The van der Waals surface area contributed by atoms with E-state index in [1.807, 2.05) is 36.4 Å². The minimum Gasteiger partial charge on any atom is -0.426 e. The van der Waals surface area contributed by atoms with Crippen LogP contribution in [0, 0.1) is 0 Å². The molecule has 6 nitrogen and oxygen atoms in total. The molecule has 30 heavy (non-hydrogen) atoms. The van der Waals surface area contributed by atoms with Crippen LogP contribution in [0.25, 0.3) is 24.3 Å². The summed E-state index contributed by atoms with van der Waals surface area (Å²) in [6.07, 6.45) is 10.4. The van der Waals surface area contributed by atoms with Crippen LogP contribution in [0.15, 0.2) is 60.9 Å². The van der Waals surface area contributed by atoms with Gasteiger partial charge >= 0.3 is 11.9 Å². The van der Waals surface area contributed by atoms with Gasteiger partial charge in [-0.1, -0.05) is 12.1 Å². The molecule has 6 heteroatoms. The molecular formula is C24H20N2O4. The van der Waals surface area contributed by atoms with Gasteiger partial charge in [-0.05, 0) is 60.7 Å². The molecule has 0 N–H and O–H groups in total. The minimum atomic E-state index is -0.456. The number of nitrogens with zero attached hydrogens (tertiary/aromatic N) is 2. The second-order valence-electron chi connectivity index (χ2n) is 6.29. The van der Waals surface area contributed by atoms with E-state index in [1.54, 1.807) is 48.8 Å². The Kier molecular flexibility index (Phi) is 6.84. The number of benzene rings is 1. The third kappa shape index (κ3) is 5.97. The van der Waals surface area contributed by atoms with Crippen LogP contribution in [0.3, 0.4) is 0 Å². The van der Waals surface area contributed by atoms with Crippen LogP contribution in [0.2, 0.25) is 0 Å². The Morgan fingerprint density at radius 2 is 1.13 bits per heavy atom. The average Bonchev–Trinajstić information content (AvgIpc) is 2.73. The van der Waals surface area contributed by atoms with Crippen molar-refractivity contribution in [3.63, 3.8) is 0 Å². The minimum absolute atomic E-state index is 0.339. The fourth-order valence-corrected chi connectivity index (χ4v) is 2.64. The monoisotopic (exact) mass is 400 g/mol. The molecule has 0 atom stereocenters. The SMILES string of the molecule is CC(=O)Oc1cc(/C=C/c2ccccn2)c(OC(C)=O)cc1/C=C/c1ccccn1. The van der Waals surface area contributed by atoms with Crippen molar-refractivity contribution in [2.24, 2.45) is 0 Å². The Labute approximate surface area is 174 Å². The van der Waals surface area contributed by atoms with Crippen molar-refractivity contribution in [3.8, 4) is 11.5 Å². The number of hydrogen-bond acceptors (Lipinski definition) is 6. The summed E-state index contributed by atoms with van der Waals surface area (Å²) in [5, 5.41) is 0. The van der Waals surface area contributed by atoms with Crippen LogP contribution in [0.4, 0.5) is 0 Å². The van der Waals surface area contributed by atoms with E-state index in [2.05, 4.69) is 9.97 Å². The maximum atomic E-state index is 11.6. The molecule has 1 aromatic carbocycles. The summed E-state index contributed by atoms with van der Waals surface area (Å²) in [4.78, 5) is 31.7. The Morgan fingerprint density at radius 1 is 0.700 bits per heavy atom. The number of esters is 2. The zero-order chi connectivity index (χ0) is 21.3. The molecule has 0 unspecified atom stereocenters. The quantitative estimate of drug-likeness (QED) is 0.442. The summed E-state index contributed by atoms with van der Waals surface area (Å²) >= 11 is 0. The first-order valence-corrected chi connectivity index (χ1v) is 9.24. The predicted molar refractivity (Wildman–Crippen MR) is 115 cm³/mol. The summed E-state index contributed by atoms with van der Waals surface area (Å²) < 4.78 is 10.8. The van der Waals surface area contributed by atoms with Gasteiger partial charge in [-0.25, -0.2) is 0 Å². The van der Waals surface area contributed by atoms with E-state index in [9.17, 15) is 9.59 Å². The first kappa shape index (κ1) is 20.7. The van der Waals surface area contributed by atoms with E-state index >= 15 is 0 Å². The molecule has 3 aromatic rings. The lowest BCUT2D eigenvalue weighted by atomic mass is 10.1. The summed E-state index contributed by atoms with van der Waals surface area (Å²) in [6, 6.07) is 14.4. The third-order valence-corrected chi connectivity index (χ3v) is 3.89. The van der Waals surface area contributed by atoms with E-state index in [-0.39, 0.29) is 0 Å². The van der Waals surface area contributed by atoms with E-state index in [0.717, 1.165) is 11.4 Å². The molecule has 0 amide bonds. The molecule has 0 radical (unpaired) electrons. The number of rotatable bonds is 6. The second kappa shape index (κ2) is 9.93. The van der Waals surface area contributed by atoms with Crippen molar-refractivity contribution >= 4 is 36.2 Å². The highest BCUT2D eigenvalue weighted by Gasteiger charge is 2.13. The van der Waals surface area contributed by atoms with Crippen LogP contribution >= 0.6 is 0 Å². The maximum Gasteiger partial charge on any atom is 0.308 e. The van der Waals surface area contributed by atoms with Crippen LogP contribution in [0.5, 0.6) is 11.5 Å². The van der Waals surface area contributed by atoms with Crippen LogP contribution in [0.1, 0.15) is 36.4 Å². The van der Waals surface area contributed by atoms with Gasteiger partial charge in [0.2, 0.25) is 0 Å². The first-order valence-electron chi connectivity index (χ1n) is 9.24. The van der Waals surface area contributed by atoms with Crippen LogP contribution < -0.4 is 9.47 Å². The third-order valence-electron chi connectivity index (χ3n) is 3.89. The van der Waals surface area contributed by atoms with Crippen LogP contribution in [-0.4, -0.2) is 21.9 Å². The molecule has 3 rings (SSSR count). The predicted octanol–water partition coefficient (Wildman–Crippen LogP) is 4.67. The molecular weight excluding hydrogens is 380 g/mol. The zero-order valence-corrected chi connectivity index (χ0v) is 16.6. The van der Waals surface area contributed by atoms with Gasteiger partial charge in [0.15, 0.2) is 0 Å². The largest absolute Gasteiger partial charge is 0.426 e. The van der Waals surface area contributed by atoms with E-state index in [4.69, 9.17) is 9.47 Å². The lowest BCUT2D eigenvalue weighted by Crippen LogP contribution is -2.06. The lowest BCUT2D eigenvalue weighted by molar-refractivity contribution is -0.133. The van der Waals surface area contributed by atoms with Gasteiger partial charge in [-0.3, -0.25) is 19.6 Å².